The lowest BCUT2D eigenvalue weighted by Gasteiger charge is -2.14. The highest BCUT2D eigenvalue weighted by molar-refractivity contribution is 7.05. The molecule has 0 spiro atoms. The maximum Gasteiger partial charge on any atom is 0.274 e. The molecule has 8 heteroatoms. The number of aryl methyl sites for hydroxylation is 2. The molecular formula is C14H20N6OS. The summed E-state index contributed by atoms with van der Waals surface area (Å²) in [5, 5.41) is 8.47. The molecule has 0 N–H and O–H groups in total. The smallest absolute Gasteiger partial charge is 0.274 e. The van der Waals surface area contributed by atoms with E-state index in [4.69, 9.17) is 0 Å². The van der Waals surface area contributed by atoms with E-state index in [9.17, 15) is 4.79 Å². The van der Waals surface area contributed by atoms with E-state index in [-0.39, 0.29) is 5.91 Å². The van der Waals surface area contributed by atoms with E-state index in [1.807, 2.05) is 17.7 Å². The Morgan fingerprint density at radius 3 is 3.00 bits per heavy atom. The maximum atomic E-state index is 12.6. The van der Waals surface area contributed by atoms with Crippen LogP contribution in [0.2, 0.25) is 0 Å². The molecular weight excluding hydrogens is 300 g/mol. The molecule has 0 aliphatic carbocycles. The number of amides is 1. The van der Waals surface area contributed by atoms with Gasteiger partial charge >= 0.3 is 0 Å². The van der Waals surface area contributed by atoms with E-state index in [0.29, 0.717) is 12.2 Å². The fraction of sp³-hybridized carbons (Fsp3) is 0.571. The molecule has 0 atom stereocenters. The van der Waals surface area contributed by atoms with Gasteiger partial charge in [-0.1, -0.05) is 4.49 Å². The highest BCUT2D eigenvalue weighted by Gasteiger charge is 2.21. The quantitative estimate of drug-likeness (QED) is 0.849. The van der Waals surface area contributed by atoms with Crippen molar-refractivity contribution in [3.63, 3.8) is 0 Å². The molecule has 0 saturated carbocycles. The van der Waals surface area contributed by atoms with E-state index in [1.165, 1.54) is 11.5 Å². The molecule has 0 bridgehead atoms. The van der Waals surface area contributed by atoms with Gasteiger partial charge in [0.15, 0.2) is 5.69 Å². The summed E-state index contributed by atoms with van der Waals surface area (Å²) in [6.07, 6.45) is 1.06. The van der Waals surface area contributed by atoms with Gasteiger partial charge in [-0.25, -0.2) is 0 Å². The van der Waals surface area contributed by atoms with E-state index in [0.717, 1.165) is 42.3 Å². The molecule has 22 heavy (non-hydrogen) atoms. The zero-order chi connectivity index (χ0) is 15.7. The van der Waals surface area contributed by atoms with Crippen LogP contribution in [-0.4, -0.2) is 55.7 Å². The van der Waals surface area contributed by atoms with Crippen LogP contribution in [0.25, 0.3) is 0 Å². The first-order valence-electron chi connectivity index (χ1n) is 7.33. The summed E-state index contributed by atoms with van der Waals surface area (Å²) in [7, 11) is 3.88. The van der Waals surface area contributed by atoms with Crippen molar-refractivity contribution >= 4 is 17.4 Å². The van der Waals surface area contributed by atoms with Crippen molar-refractivity contribution in [2.45, 2.75) is 33.0 Å². The van der Waals surface area contributed by atoms with Crippen LogP contribution in [0.5, 0.6) is 0 Å². The van der Waals surface area contributed by atoms with Crippen molar-refractivity contribution < 1.29 is 4.79 Å². The molecule has 0 radical (unpaired) electrons. The van der Waals surface area contributed by atoms with Crippen LogP contribution in [-0.2, 0) is 19.6 Å². The third-order valence-corrected chi connectivity index (χ3v) is 4.71. The predicted octanol–water partition coefficient (Wildman–Crippen LogP) is 1.15. The Hall–Kier alpha value is -1.80. The zero-order valence-corrected chi connectivity index (χ0v) is 13.9. The summed E-state index contributed by atoms with van der Waals surface area (Å²) < 4.78 is 5.87. The van der Waals surface area contributed by atoms with Gasteiger partial charge in [0.05, 0.1) is 22.8 Å². The molecule has 2 aromatic heterocycles. The van der Waals surface area contributed by atoms with Gasteiger partial charge in [-0.05, 0) is 38.0 Å². The molecule has 0 saturated heterocycles. The van der Waals surface area contributed by atoms with Crippen molar-refractivity contribution in [3.05, 3.63) is 28.0 Å². The van der Waals surface area contributed by atoms with Crippen LogP contribution >= 0.6 is 11.5 Å². The molecule has 0 fully saturated rings. The minimum atomic E-state index is -0.0592. The summed E-state index contributed by atoms with van der Waals surface area (Å²) in [4.78, 5) is 17.5. The van der Waals surface area contributed by atoms with Crippen LogP contribution in [0, 0.1) is 6.92 Å². The number of carbonyl (C=O) groups is 1. The second-order valence-electron chi connectivity index (χ2n) is 5.78. The van der Waals surface area contributed by atoms with Gasteiger partial charge in [0, 0.05) is 26.7 Å². The van der Waals surface area contributed by atoms with Crippen LogP contribution in [0.15, 0.2) is 6.07 Å². The molecule has 0 aromatic carbocycles. The zero-order valence-electron chi connectivity index (χ0n) is 13.1. The first-order valence-corrected chi connectivity index (χ1v) is 8.10. The van der Waals surface area contributed by atoms with Crippen LogP contribution in [0.4, 0.5) is 0 Å². The van der Waals surface area contributed by atoms with Crippen LogP contribution in [0.1, 0.15) is 33.2 Å². The number of carbonyl (C=O) groups excluding carboxylic acids is 1. The number of nitrogens with zero attached hydrogens (tertiary/aromatic N) is 6. The van der Waals surface area contributed by atoms with Crippen molar-refractivity contribution in [2.75, 3.05) is 20.6 Å². The van der Waals surface area contributed by atoms with Gasteiger partial charge in [-0.15, -0.1) is 5.10 Å². The molecule has 0 unspecified atom stereocenters. The number of fused-ring (bicyclic) bond motifs is 1. The maximum absolute atomic E-state index is 12.6. The highest BCUT2D eigenvalue weighted by atomic mass is 32.1. The molecule has 3 heterocycles. The van der Waals surface area contributed by atoms with Gasteiger partial charge in [-0.2, -0.15) is 5.10 Å². The van der Waals surface area contributed by atoms with Crippen molar-refractivity contribution in [1.29, 1.82) is 0 Å². The summed E-state index contributed by atoms with van der Waals surface area (Å²) in [5.41, 5.74) is 2.50. The number of aromatic nitrogens is 4. The first kappa shape index (κ1) is 15.1. The Balaban J connectivity index is 1.75. The Labute approximate surface area is 133 Å². The second-order valence-corrected chi connectivity index (χ2v) is 6.62. The highest BCUT2D eigenvalue weighted by Crippen LogP contribution is 2.16. The molecule has 3 rings (SSSR count). The Bertz CT molecular complexity index is 679. The molecule has 1 amide bonds. The van der Waals surface area contributed by atoms with Gasteiger partial charge < -0.3 is 9.80 Å². The van der Waals surface area contributed by atoms with Crippen LogP contribution < -0.4 is 0 Å². The normalized spacial score (nSPS) is 15.4. The molecule has 7 nitrogen and oxygen atoms in total. The topological polar surface area (TPSA) is 67.2 Å². The average Bonchev–Trinajstić information content (AvgIpc) is 3.01. The Morgan fingerprint density at radius 1 is 1.45 bits per heavy atom. The van der Waals surface area contributed by atoms with E-state index in [1.54, 1.807) is 11.9 Å². The number of hydrogen-bond acceptors (Lipinski definition) is 6. The summed E-state index contributed by atoms with van der Waals surface area (Å²) in [5.74, 6) is -0.0592. The number of hydrogen-bond donors (Lipinski definition) is 0. The van der Waals surface area contributed by atoms with E-state index < -0.39 is 0 Å². The number of rotatable bonds is 3. The third kappa shape index (κ3) is 3.02. The Morgan fingerprint density at radius 2 is 2.27 bits per heavy atom. The SMILES string of the molecule is Cc1nnsc1CN(C)C(=O)c1cc2n(n1)CCCN(C)C2. The lowest BCUT2D eigenvalue weighted by molar-refractivity contribution is 0.0779. The van der Waals surface area contributed by atoms with Gasteiger partial charge in [0.2, 0.25) is 0 Å². The minimum absolute atomic E-state index is 0.0592. The van der Waals surface area contributed by atoms with Crippen molar-refractivity contribution in [1.82, 2.24) is 29.2 Å². The van der Waals surface area contributed by atoms with Crippen LogP contribution in [0.3, 0.4) is 0 Å². The second kappa shape index (κ2) is 6.13. The van der Waals surface area contributed by atoms with Crippen molar-refractivity contribution in [2.24, 2.45) is 0 Å². The summed E-state index contributed by atoms with van der Waals surface area (Å²) in [6.45, 7) is 5.19. The standard InChI is InChI=1S/C14H20N6OS/c1-10-13(22-17-15-10)9-19(3)14(21)12-7-11-8-18(2)5-4-6-20(11)16-12/h7H,4-6,8-9H2,1-3H3. The Kier molecular flexibility index (Phi) is 4.21. The monoisotopic (exact) mass is 320 g/mol. The van der Waals surface area contributed by atoms with Gasteiger partial charge in [-0.3, -0.25) is 9.48 Å². The molecule has 2 aromatic rings. The van der Waals surface area contributed by atoms with Gasteiger partial charge in [0.1, 0.15) is 0 Å². The molecule has 118 valence electrons. The van der Waals surface area contributed by atoms with Crippen molar-refractivity contribution in [3.8, 4) is 0 Å². The molecule has 1 aliphatic rings. The largest absolute Gasteiger partial charge is 0.335 e. The summed E-state index contributed by atoms with van der Waals surface area (Å²) in [6, 6.07) is 1.92. The van der Waals surface area contributed by atoms with Gasteiger partial charge in [0.25, 0.3) is 5.91 Å². The first-order chi connectivity index (χ1) is 10.5. The lowest BCUT2D eigenvalue weighted by atomic mass is 10.3. The van der Waals surface area contributed by atoms with E-state index in [2.05, 4.69) is 26.6 Å². The predicted molar refractivity (Wildman–Crippen MR) is 83.6 cm³/mol. The minimum Gasteiger partial charge on any atom is -0.335 e. The molecule has 1 aliphatic heterocycles. The fourth-order valence-electron chi connectivity index (χ4n) is 2.61. The fourth-order valence-corrected chi connectivity index (χ4v) is 3.29. The third-order valence-electron chi connectivity index (χ3n) is 3.90. The summed E-state index contributed by atoms with van der Waals surface area (Å²) >= 11 is 1.33. The average molecular weight is 320 g/mol. The van der Waals surface area contributed by atoms with E-state index >= 15 is 0 Å². The lowest BCUT2D eigenvalue weighted by Crippen LogP contribution is -2.26.